The van der Waals surface area contributed by atoms with Gasteiger partial charge in [0.2, 0.25) is 0 Å². The van der Waals surface area contributed by atoms with Gasteiger partial charge in [-0.05, 0) is 44.5 Å². The fourth-order valence-electron chi connectivity index (χ4n) is 2.27. The molecule has 5 nitrogen and oxygen atoms in total. The number of nitrogens with two attached hydrogens (primary N) is 1. The standard InChI is InChI=1S/C13H23N5/c1-13(4-7-18(2)8-5-13)10-16-11-3-6-15-12(9-11)17-14/h3,6,9H,4-5,7-8,10,14H2,1-2H3,(H2,15,16,17). The summed E-state index contributed by atoms with van der Waals surface area (Å²) < 4.78 is 0. The van der Waals surface area contributed by atoms with E-state index in [2.05, 4.69) is 34.6 Å². The second kappa shape index (κ2) is 5.54. The van der Waals surface area contributed by atoms with Crippen LogP contribution in [0.15, 0.2) is 18.3 Å². The average Bonchev–Trinajstić information content (AvgIpc) is 2.41. The number of nitrogen functional groups attached to an aromatic ring is 1. The molecule has 0 unspecified atom stereocenters. The Morgan fingerprint density at radius 3 is 2.83 bits per heavy atom. The predicted molar refractivity (Wildman–Crippen MR) is 75.4 cm³/mol. The Morgan fingerprint density at radius 2 is 2.17 bits per heavy atom. The van der Waals surface area contributed by atoms with Crippen molar-refractivity contribution in [3.8, 4) is 0 Å². The fourth-order valence-corrected chi connectivity index (χ4v) is 2.27. The highest BCUT2D eigenvalue weighted by Crippen LogP contribution is 2.30. The van der Waals surface area contributed by atoms with Crippen LogP contribution in [0, 0.1) is 5.41 Å². The molecule has 2 rings (SSSR count). The van der Waals surface area contributed by atoms with Crippen LogP contribution in [-0.4, -0.2) is 36.6 Å². The van der Waals surface area contributed by atoms with Gasteiger partial charge in [-0.25, -0.2) is 10.8 Å². The van der Waals surface area contributed by atoms with Crippen LogP contribution in [0.1, 0.15) is 19.8 Å². The Kier molecular flexibility index (Phi) is 4.04. The van der Waals surface area contributed by atoms with Gasteiger partial charge in [-0.3, -0.25) is 0 Å². The molecule has 5 heteroatoms. The second-order valence-corrected chi connectivity index (χ2v) is 5.54. The lowest BCUT2D eigenvalue weighted by molar-refractivity contribution is 0.150. The molecule has 1 fully saturated rings. The van der Waals surface area contributed by atoms with E-state index in [9.17, 15) is 0 Å². The average molecular weight is 249 g/mol. The van der Waals surface area contributed by atoms with Gasteiger partial charge in [-0.15, -0.1) is 0 Å². The van der Waals surface area contributed by atoms with Crippen LogP contribution < -0.4 is 16.6 Å². The minimum Gasteiger partial charge on any atom is -0.384 e. The Morgan fingerprint density at radius 1 is 1.44 bits per heavy atom. The summed E-state index contributed by atoms with van der Waals surface area (Å²) in [6.45, 7) is 5.72. The van der Waals surface area contributed by atoms with E-state index in [4.69, 9.17) is 5.84 Å². The lowest BCUT2D eigenvalue weighted by atomic mass is 9.80. The third-order valence-electron chi connectivity index (χ3n) is 3.82. The van der Waals surface area contributed by atoms with Gasteiger partial charge < -0.3 is 15.6 Å². The molecular weight excluding hydrogens is 226 g/mol. The van der Waals surface area contributed by atoms with Crippen molar-refractivity contribution in [3.63, 3.8) is 0 Å². The molecule has 100 valence electrons. The van der Waals surface area contributed by atoms with E-state index in [0.717, 1.165) is 12.2 Å². The number of piperidine rings is 1. The summed E-state index contributed by atoms with van der Waals surface area (Å²) >= 11 is 0. The molecule has 4 N–H and O–H groups in total. The topological polar surface area (TPSA) is 66.2 Å². The summed E-state index contributed by atoms with van der Waals surface area (Å²) in [5, 5.41) is 3.49. The van der Waals surface area contributed by atoms with Crippen LogP contribution in [0.4, 0.5) is 11.5 Å². The van der Waals surface area contributed by atoms with E-state index in [-0.39, 0.29) is 0 Å². The van der Waals surface area contributed by atoms with Gasteiger partial charge in [0.25, 0.3) is 0 Å². The van der Waals surface area contributed by atoms with Crippen LogP contribution >= 0.6 is 0 Å². The molecule has 0 atom stereocenters. The van der Waals surface area contributed by atoms with Crippen molar-refractivity contribution in [2.75, 3.05) is 37.4 Å². The summed E-state index contributed by atoms with van der Waals surface area (Å²) in [4.78, 5) is 6.49. The van der Waals surface area contributed by atoms with E-state index in [0.29, 0.717) is 11.2 Å². The van der Waals surface area contributed by atoms with Crippen LogP contribution in [0.25, 0.3) is 0 Å². The normalized spacial score (nSPS) is 19.5. The minimum absolute atomic E-state index is 0.381. The van der Waals surface area contributed by atoms with Crippen LogP contribution in [0.3, 0.4) is 0 Å². The molecule has 0 bridgehead atoms. The maximum absolute atomic E-state index is 5.35. The van der Waals surface area contributed by atoms with Crippen molar-refractivity contribution in [2.45, 2.75) is 19.8 Å². The largest absolute Gasteiger partial charge is 0.384 e. The van der Waals surface area contributed by atoms with Gasteiger partial charge >= 0.3 is 0 Å². The smallest absolute Gasteiger partial charge is 0.141 e. The van der Waals surface area contributed by atoms with Gasteiger partial charge in [0.05, 0.1) is 0 Å². The minimum atomic E-state index is 0.381. The van der Waals surface area contributed by atoms with E-state index in [1.807, 2.05) is 12.1 Å². The highest BCUT2D eigenvalue weighted by Gasteiger charge is 2.28. The number of rotatable bonds is 4. The summed E-state index contributed by atoms with van der Waals surface area (Å²) in [5.41, 5.74) is 4.01. The summed E-state index contributed by atoms with van der Waals surface area (Å²) in [6, 6.07) is 3.90. The number of hydrazine groups is 1. The zero-order valence-electron chi connectivity index (χ0n) is 11.2. The lowest BCUT2D eigenvalue weighted by Gasteiger charge is -2.38. The van der Waals surface area contributed by atoms with Crippen molar-refractivity contribution < 1.29 is 0 Å². The third kappa shape index (κ3) is 3.34. The Hall–Kier alpha value is -1.33. The van der Waals surface area contributed by atoms with Crippen LogP contribution in [0.2, 0.25) is 0 Å². The summed E-state index contributed by atoms with van der Waals surface area (Å²) in [5.74, 6) is 6.04. The molecular formula is C13H23N5. The predicted octanol–water partition coefficient (Wildman–Crippen LogP) is 1.51. The van der Waals surface area contributed by atoms with Gasteiger partial charge in [-0.1, -0.05) is 6.92 Å². The molecule has 1 saturated heterocycles. The van der Waals surface area contributed by atoms with E-state index < -0.39 is 0 Å². The zero-order chi connectivity index (χ0) is 13.0. The molecule has 0 spiro atoms. The summed E-state index contributed by atoms with van der Waals surface area (Å²) in [7, 11) is 2.19. The molecule has 0 aromatic carbocycles. The van der Waals surface area contributed by atoms with E-state index in [1.54, 1.807) is 6.20 Å². The van der Waals surface area contributed by atoms with Crippen LogP contribution in [0.5, 0.6) is 0 Å². The number of anilines is 2. The van der Waals surface area contributed by atoms with Crippen LogP contribution in [-0.2, 0) is 0 Å². The third-order valence-corrected chi connectivity index (χ3v) is 3.82. The first-order chi connectivity index (χ1) is 8.61. The maximum Gasteiger partial charge on any atom is 0.141 e. The number of hydrogen-bond donors (Lipinski definition) is 3. The zero-order valence-corrected chi connectivity index (χ0v) is 11.2. The number of aromatic nitrogens is 1. The number of likely N-dealkylation sites (tertiary alicyclic amines) is 1. The number of pyridine rings is 1. The Balaban J connectivity index is 1.90. The molecule has 1 aliphatic heterocycles. The van der Waals surface area contributed by atoms with Crippen molar-refractivity contribution in [2.24, 2.45) is 11.3 Å². The quantitative estimate of drug-likeness (QED) is 0.557. The first-order valence-electron chi connectivity index (χ1n) is 6.46. The summed E-state index contributed by atoms with van der Waals surface area (Å²) in [6.07, 6.45) is 4.24. The van der Waals surface area contributed by atoms with E-state index >= 15 is 0 Å². The van der Waals surface area contributed by atoms with Gasteiger partial charge in [0.15, 0.2) is 0 Å². The highest BCUT2D eigenvalue weighted by molar-refractivity contribution is 5.51. The lowest BCUT2D eigenvalue weighted by Crippen LogP contribution is -2.40. The Labute approximate surface area is 109 Å². The first kappa shape index (κ1) is 13.1. The molecule has 18 heavy (non-hydrogen) atoms. The monoisotopic (exact) mass is 249 g/mol. The van der Waals surface area contributed by atoms with Crippen molar-refractivity contribution in [3.05, 3.63) is 18.3 Å². The number of hydrogen-bond acceptors (Lipinski definition) is 5. The van der Waals surface area contributed by atoms with Gasteiger partial charge in [0.1, 0.15) is 5.82 Å². The molecule has 1 aromatic rings. The number of nitrogens with zero attached hydrogens (tertiary/aromatic N) is 2. The van der Waals surface area contributed by atoms with Crippen molar-refractivity contribution in [1.82, 2.24) is 9.88 Å². The Bertz CT molecular complexity index is 385. The van der Waals surface area contributed by atoms with Crippen molar-refractivity contribution in [1.29, 1.82) is 0 Å². The molecule has 0 amide bonds. The molecule has 1 aliphatic rings. The van der Waals surface area contributed by atoms with Gasteiger partial charge in [0, 0.05) is 24.5 Å². The maximum atomic E-state index is 5.35. The number of nitrogens with one attached hydrogen (secondary N) is 2. The molecule has 2 heterocycles. The molecule has 1 aromatic heterocycles. The molecule has 0 radical (unpaired) electrons. The fraction of sp³-hybridized carbons (Fsp3) is 0.615. The molecule has 0 saturated carbocycles. The van der Waals surface area contributed by atoms with Gasteiger partial charge in [-0.2, -0.15) is 0 Å². The van der Waals surface area contributed by atoms with E-state index in [1.165, 1.54) is 25.9 Å². The second-order valence-electron chi connectivity index (χ2n) is 5.54. The SMILES string of the molecule is CN1CCC(C)(CNc2ccnc(NN)c2)CC1. The highest BCUT2D eigenvalue weighted by atomic mass is 15.2. The van der Waals surface area contributed by atoms with Crippen molar-refractivity contribution >= 4 is 11.5 Å². The first-order valence-corrected chi connectivity index (χ1v) is 6.46. The molecule has 0 aliphatic carbocycles.